The Labute approximate surface area is 137 Å². The molecular weight excluding hydrogens is 247 g/mol. The van der Waals surface area contributed by atoms with Gasteiger partial charge in [0.1, 0.15) is 6.61 Å². The third-order valence-electron chi connectivity index (χ3n) is 1.20. The first-order valence-electron chi connectivity index (χ1n) is 3.17. The van der Waals surface area contributed by atoms with E-state index in [4.69, 9.17) is 4.74 Å². The van der Waals surface area contributed by atoms with Gasteiger partial charge in [0.25, 0.3) is 0 Å². The third-order valence-corrected chi connectivity index (χ3v) is 1.44. The Kier molecular flexibility index (Phi) is 17.4. The van der Waals surface area contributed by atoms with E-state index in [1.165, 1.54) is 0 Å². The molecule has 0 aliphatic heterocycles. The van der Waals surface area contributed by atoms with Gasteiger partial charge in [-0.2, -0.15) is 0 Å². The summed E-state index contributed by atoms with van der Waals surface area (Å²) in [6, 6.07) is 9.78. The van der Waals surface area contributed by atoms with Crippen molar-refractivity contribution in [2.24, 2.45) is 0 Å². The first-order valence-corrected chi connectivity index (χ1v) is 3.98. The van der Waals surface area contributed by atoms with Gasteiger partial charge >= 0.3 is 51.4 Å². The van der Waals surface area contributed by atoms with Crippen LogP contribution in [0.5, 0.6) is 0 Å². The van der Waals surface area contributed by atoms with Crippen molar-refractivity contribution in [1.29, 1.82) is 0 Å². The third kappa shape index (κ3) is 9.44. The molecule has 1 rings (SSSR count). The van der Waals surface area contributed by atoms with Crippen molar-refractivity contribution in [3.8, 4) is 0 Å². The van der Waals surface area contributed by atoms with Crippen LogP contribution >= 0.6 is 12.2 Å². The molecule has 14 heavy (non-hydrogen) atoms. The minimum absolute atomic E-state index is 0. The second-order valence-corrected chi connectivity index (χ2v) is 3.02. The molecule has 0 atom stereocenters. The normalized spacial score (nSPS) is 7.14. The minimum atomic E-state index is 0. The molecule has 0 aliphatic carbocycles. The van der Waals surface area contributed by atoms with Crippen LogP contribution in [-0.4, -0.2) is 15.3 Å². The SMILES string of the molecule is O.O.S=C([S-])OCc1ccccc1.[K+]. The van der Waals surface area contributed by atoms with Crippen LogP contribution in [0.3, 0.4) is 0 Å². The van der Waals surface area contributed by atoms with Crippen molar-refractivity contribution in [1.82, 2.24) is 0 Å². The topological polar surface area (TPSA) is 72.2 Å². The molecule has 74 valence electrons. The molecule has 0 unspecified atom stereocenters. The summed E-state index contributed by atoms with van der Waals surface area (Å²) >= 11 is 9.17. The summed E-state index contributed by atoms with van der Waals surface area (Å²) in [7, 11) is 0. The van der Waals surface area contributed by atoms with Gasteiger partial charge in [-0.1, -0.05) is 30.3 Å². The van der Waals surface area contributed by atoms with E-state index >= 15 is 0 Å². The molecule has 0 amide bonds. The van der Waals surface area contributed by atoms with Crippen LogP contribution in [0, 0.1) is 0 Å². The van der Waals surface area contributed by atoms with Crippen LogP contribution in [0.25, 0.3) is 0 Å². The van der Waals surface area contributed by atoms with Crippen LogP contribution in [0.15, 0.2) is 30.3 Å². The molecule has 0 spiro atoms. The molecule has 0 bridgehead atoms. The second kappa shape index (κ2) is 12.0. The van der Waals surface area contributed by atoms with Gasteiger partial charge in [0.15, 0.2) is 0 Å². The molecule has 0 radical (unpaired) electrons. The molecule has 4 N–H and O–H groups in total. The zero-order valence-corrected chi connectivity index (χ0v) is 12.6. The van der Waals surface area contributed by atoms with E-state index < -0.39 is 0 Å². The molecule has 0 saturated heterocycles. The second-order valence-electron chi connectivity index (χ2n) is 2.02. The molecule has 0 heterocycles. The van der Waals surface area contributed by atoms with E-state index in [0.717, 1.165) is 5.56 Å². The standard InChI is InChI=1S/C8H8OS2.K.2H2O/c10-8(11)9-6-7-4-2-1-3-5-7;;;/h1-5H,6H2,(H,10,11);;2*1H2/q;+1;;/p-1. The quantitative estimate of drug-likeness (QED) is 0.331. The maximum absolute atomic E-state index is 4.97. The summed E-state index contributed by atoms with van der Waals surface area (Å²) in [5.41, 5.74) is 1.08. The van der Waals surface area contributed by atoms with Crippen molar-refractivity contribution in [2.75, 3.05) is 0 Å². The Morgan fingerprint density at radius 2 is 1.71 bits per heavy atom. The van der Waals surface area contributed by atoms with Crippen LogP contribution < -0.4 is 51.4 Å². The Hall–Kier alpha value is 0.886. The monoisotopic (exact) mass is 258 g/mol. The summed E-state index contributed by atoms with van der Waals surface area (Å²) in [5, 5.41) is 0. The Balaban J connectivity index is -0.000000403. The Morgan fingerprint density at radius 1 is 1.21 bits per heavy atom. The molecule has 0 fully saturated rings. The van der Waals surface area contributed by atoms with Gasteiger partial charge < -0.3 is 40.5 Å². The first-order chi connectivity index (χ1) is 5.29. The molecule has 3 nitrogen and oxygen atoms in total. The molecular formula is C8H11KO3S2. The number of rotatable bonds is 2. The summed E-state index contributed by atoms with van der Waals surface area (Å²) in [6.07, 6.45) is 0. The maximum atomic E-state index is 4.97. The van der Waals surface area contributed by atoms with E-state index in [1.807, 2.05) is 30.3 Å². The van der Waals surface area contributed by atoms with Gasteiger partial charge in [-0.25, -0.2) is 0 Å². The van der Waals surface area contributed by atoms with Crippen molar-refractivity contribution >= 4 is 29.2 Å². The zero-order chi connectivity index (χ0) is 8.10. The van der Waals surface area contributed by atoms with Crippen molar-refractivity contribution < 1.29 is 67.1 Å². The average Bonchev–Trinajstić information content (AvgIpc) is 2.03. The number of thiocarbonyl (C=S) groups is 1. The fourth-order valence-corrected chi connectivity index (χ4v) is 0.834. The molecule has 0 saturated carbocycles. The van der Waals surface area contributed by atoms with Gasteiger partial charge in [0, 0.05) is 4.38 Å². The fourth-order valence-electron chi connectivity index (χ4n) is 0.716. The summed E-state index contributed by atoms with van der Waals surface area (Å²) in [6.45, 7) is 0.475. The predicted octanol–water partition coefficient (Wildman–Crippen LogP) is -2.61. The summed E-state index contributed by atoms with van der Waals surface area (Å²) in [5.74, 6) is 0. The first kappa shape index (κ1) is 20.3. The van der Waals surface area contributed by atoms with Crippen LogP contribution in [0.1, 0.15) is 5.56 Å². The van der Waals surface area contributed by atoms with E-state index in [-0.39, 0.29) is 66.7 Å². The molecule has 1 aromatic rings. The largest absolute Gasteiger partial charge is 1.00 e. The minimum Gasteiger partial charge on any atom is -0.509 e. The average molecular weight is 258 g/mol. The van der Waals surface area contributed by atoms with Gasteiger partial charge in [0.05, 0.1) is 0 Å². The number of hydrogen-bond donors (Lipinski definition) is 0. The van der Waals surface area contributed by atoms with E-state index in [0.29, 0.717) is 6.61 Å². The van der Waals surface area contributed by atoms with Crippen molar-refractivity contribution in [2.45, 2.75) is 6.61 Å². The predicted molar refractivity (Wildman–Crippen MR) is 58.4 cm³/mol. The smallest absolute Gasteiger partial charge is 0.509 e. The Morgan fingerprint density at radius 3 is 2.14 bits per heavy atom. The van der Waals surface area contributed by atoms with Gasteiger partial charge in [-0.15, -0.1) is 0 Å². The summed E-state index contributed by atoms with van der Waals surface area (Å²) < 4.78 is 5.15. The van der Waals surface area contributed by atoms with Crippen molar-refractivity contribution in [3.63, 3.8) is 0 Å². The molecule has 0 aromatic heterocycles. The number of benzene rings is 1. The zero-order valence-electron chi connectivity index (χ0n) is 7.82. The molecule has 0 aliphatic rings. The van der Waals surface area contributed by atoms with Crippen LogP contribution in [-0.2, 0) is 24.0 Å². The van der Waals surface area contributed by atoms with Gasteiger partial charge in [-0.05, 0) is 5.56 Å². The summed E-state index contributed by atoms with van der Waals surface area (Å²) in [4.78, 5) is 0. The van der Waals surface area contributed by atoms with Crippen molar-refractivity contribution in [3.05, 3.63) is 35.9 Å². The van der Waals surface area contributed by atoms with Crippen LogP contribution in [0.2, 0.25) is 0 Å². The van der Waals surface area contributed by atoms with Gasteiger partial charge in [0.2, 0.25) is 0 Å². The maximum Gasteiger partial charge on any atom is 1.00 e. The van der Waals surface area contributed by atoms with Crippen LogP contribution in [0.4, 0.5) is 0 Å². The Bertz CT molecular complexity index is 244. The van der Waals surface area contributed by atoms with Gasteiger partial charge in [-0.3, -0.25) is 0 Å². The number of hydrogen-bond acceptors (Lipinski definition) is 3. The molecule has 1 aromatic carbocycles. The fraction of sp³-hybridized carbons (Fsp3) is 0.125. The number of ether oxygens (including phenoxy) is 1. The van der Waals surface area contributed by atoms with E-state index in [1.54, 1.807) is 0 Å². The molecule has 6 heteroatoms. The van der Waals surface area contributed by atoms with E-state index in [9.17, 15) is 0 Å². The van der Waals surface area contributed by atoms with E-state index in [2.05, 4.69) is 24.8 Å².